The van der Waals surface area contributed by atoms with Crippen molar-refractivity contribution in [3.63, 3.8) is 0 Å². The lowest BCUT2D eigenvalue weighted by Gasteiger charge is -2.05. The molecular formula is C6H7O4S-. The van der Waals surface area contributed by atoms with E-state index in [2.05, 4.69) is 0 Å². The summed E-state index contributed by atoms with van der Waals surface area (Å²) in [5, 5.41) is 11.1. The number of carbonyl (C=O) groups is 1. The van der Waals surface area contributed by atoms with Gasteiger partial charge in [-0.25, -0.2) is 8.42 Å². The van der Waals surface area contributed by atoms with Gasteiger partial charge in [0.2, 0.25) is 0 Å². The van der Waals surface area contributed by atoms with E-state index in [0.717, 1.165) is 5.41 Å². The van der Waals surface area contributed by atoms with Crippen molar-refractivity contribution in [2.75, 3.05) is 5.75 Å². The molecule has 0 N–H and O–H groups in total. The summed E-state index contributed by atoms with van der Waals surface area (Å²) in [6.45, 7) is 0. The molecule has 0 aliphatic carbocycles. The second-order valence-electron chi connectivity index (χ2n) is 2.49. The predicted octanol–water partition coefficient (Wildman–Crippen LogP) is -1.32. The zero-order chi connectivity index (χ0) is 8.48. The van der Waals surface area contributed by atoms with Crippen LogP contribution in [-0.4, -0.2) is 20.1 Å². The van der Waals surface area contributed by atoms with Gasteiger partial charge in [0.1, 0.15) is 0 Å². The van der Waals surface area contributed by atoms with Crippen molar-refractivity contribution in [3.05, 3.63) is 11.5 Å². The minimum atomic E-state index is -3.11. The molecule has 0 aromatic heterocycles. The van der Waals surface area contributed by atoms with E-state index in [9.17, 15) is 18.3 Å². The van der Waals surface area contributed by atoms with Gasteiger partial charge in [-0.3, -0.25) is 0 Å². The third-order valence-electron chi connectivity index (χ3n) is 1.43. The Morgan fingerprint density at radius 1 is 1.64 bits per heavy atom. The Bertz CT molecular complexity index is 288. The maximum absolute atomic E-state index is 10.7. The van der Waals surface area contributed by atoms with Crippen molar-refractivity contribution in [1.82, 2.24) is 0 Å². The first-order valence-corrected chi connectivity index (χ1v) is 4.82. The van der Waals surface area contributed by atoms with E-state index < -0.39 is 21.7 Å². The lowest BCUT2D eigenvalue weighted by molar-refractivity contribution is -0.306. The highest BCUT2D eigenvalue weighted by Crippen LogP contribution is 2.17. The number of hydrogen-bond donors (Lipinski definition) is 0. The molecule has 11 heavy (non-hydrogen) atoms. The highest BCUT2D eigenvalue weighted by Gasteiger charge is 2.21. The van der Waals surface area contributed by atoms with Crippen molar-refractivity contribution in [2.45, 2.75) is 6.42 Å². The average molecular weight is 175 g/mol. The third kappa shape index (κ3) is 2.34. The fourth-order valence-electron chi connectivity index (χ4n) is 0.981. The van der Waals surface area contributed by atoms with E-state index in [1.165, 1.54) is 6.08 Å². The lowest BCUT2D eigenvalue weighted by Crippen LogP contribution is -2.25. The smallest absolute Gasteiger partial charge is 0.171 e. The Balaban J connectivity index is 2.58. The number of carboxylic acids is 1. The van der Waals surface area contributed by atoms with Crippen molar-refractivity contribution in [1.29, 1.82) is 0 Å². The first-order chi connectivity index (χ1) is 4.99. The molecule has 0 saturated heterocycles. The standard InChI is InChI=1S/C6H8O4S/c7-6(8)3-5-1-2-11(9,10)4-5/h1-2,5H,3-4H2,(H,7,8)/p-1/t5-/m0/s1. The number of aliphatic carboxylic acids is 1. The van der Waals surface area contributed by atoms with Crippen LogP contribution in [0.5, 0.6) is 0 Å². The summed E-state index contributed by atoms with van der Waals surface area (Å²) in [7, 11) is -3.11. The van der Waals surface area contributed by atoms with E-state index in [1.807, 2.05) is 0 Å². The fraction of sp³-hybridized carbons (Fsp3) is 0.500. The van der Waals surface area contributed by atoms with E-state index in [0.29, 0.717) is 0 Å². The SMILES string of the molecule is O=C([O-])C[C@@H]1C=CS(=O)(=O)C1. The van der Waals surface area contributed by atoms with Crippen LogP contribution in [0.15, 0.2) is 11.5 Å². The van der Waals surface area contributed by atoms with Gasteiger partial charge < -0.3 is 9.90 Å². The summed E-state index contributed by atoms with van der Waals surface area (Å²) >= 11 is 0. The van der Waals surface area contributed by atoms with Crippen LogP contribution < -0.4 is 5.11 Å². The van der Waals surface area contributed by atoms with Gasteiger partial charge in [-0.2, -0.15) is 0 Å². The maximum Gasteiger partial charge on any atom is 0.171 e. The second kappa shape index (κ2) is 2.65. The van der Waals surface area contributed by atoms with E-state index in [1.54, 1.807) is 0 Å². The minimum absolute atomic E-state index is 0.0962. The Hall–Kier alpha value is -0.840. The zero-order valence-corrected chi connectivity index (χ0v) is 6.50. The molecule has 62 valence electrons. The Kier molecular flexibility index (Phi) is 1.99. The third-order valence-corrected chi connectivity index (χ3v) is 2.90. The normalized spacial score (nSPS) is 27.1. The molecule has 5 heteroatoms. The monoisotopic (exact) mass is 175 g/mol. The van der Waals surface area contributed by atoms with Crippen LogP contribution in [0.2, 0.25) is 0 Å². The molecule has 0 saturated carbocycles. The first-order valence-electron chi connectivity index (χ1n) is 3.10. The molecular weight excluding hydrogens is 168 g/mol. The van der Waals surface area contributed by atoms with Gasteiger partial charge in [0.05, 0.1) is 5.75 Å². The topological polar surface area (TPSA) is 74.3 Å². The van der Waals surface area contributed by atoms with Gasteiger partial charge in [-0.05, 0) is 12.3 Å². The highest BCUT2D eigenvalue weighted by atomic mass is 32.2. The molecule has 1 aliphatic rings. The molecule has 1 rings (SSSR count). The van der Waals surface area contributed by atoms with Crippen LogP contribution in [0, 0.1) is 5.92 Å². The van der Waals surface area contributed by atoms with Gasteiger partial charge in [-0.15, -0.1) is 0 Å². The van der Waals surface area contributed by atoms with Gasteiger partial charge >= 0.3 is 0 Å². The summed E-state index contributed by atoms with van der Waals surface area (Å²) in [6, 6.07) is 0. The zero-order valence-electron chi connectivity index (χ0n) is 5.69. The number of carboxylic acid groups (broad SMARTS) is 1. The van der Waals surface area contributed by atoms with Gasteiger partial charge in [0.15, 0.2) is 9.84 Å². The second-order valence-corrected chi connectivity index (χ2v) is 4.43. The fourth-order valence-corrected chi connectivity index (χ4v) is 2.38. The average Bonchev–Trinajstić information content (AvgIpc) is 2.08. The van der Waals surface area contributed by atoms with Crippen LogP contribution in [0.3, 0.4) is 0 Å². The minimum Gasteiger partial charge on any atom is -0.550 e. The first kappa shape index (κ1) is 8.26. The molecule has 0 fully saturated rings. The Labute approximate surface area is 64.4 Å². The van der Waals surface area contributed by atoms with Crippen LogP contribution in [0.25, 0.3) is 0 Å². The Morgan fingerprint density at radius 3 is 2.64 bits per heavy atom. The molecule has 0 radical (unpaired) electrons. The maximum atomic E-state index is 10.7. The summed E-state index contributed by atoms with van der Waals surface area (Å²) in [6.07, 6.45) is 1.18. The van der Waals surface area contributed by atoms with Crippen molar-refractivity contribution in [3.8, 4) is 0 Å². The van der Waals surface area contributed by atoms with Gasteiger partial charge in [0, 0.05) is 11.4 Å². The lowest BCUT2D eigenvalue weighted by atomic mass is 10.1. The summed E-state index contributed by atoms with van der Waals surface area (Å²) in [5.41, 5.74) is 0. The summed E-state index contributed by atoms with van der Waals surface area (Å²) in [5.74, 6) is -1.71. The number of sulfone groups is 1. The molecule has 0 bridgehead atoms. The van der Waals surface area contributed by atoms with Crippen molar-refractivity contribution >= 4 is 15.8 Å². The molecule has 4 nitrogen and oxygen atoms in total. The molecule has 0 unspecified atom stereocenters. The molecule has 0 aromatic rings. The molecule has 0 aromatic carbocycles. The van der Waals surface area contributed by atoms with Crippen LogP contribution in [0.4, 0.5) is 0 Å². The molecule has 1 atom stereocenters. The molecule has 1 aliphatic heterocycles. The van der Waals surface area contributed by atoms with Gasteiger partial charge in [0.25, 0.3) is 0 Å². The number of carbonyl (C=O) groups excluding carboxylic acids is 1. The van der Waals surface area contributed by atoms with Crippen molar-refractivity contribution < 1.29 is 18.3 Å². The number of hydrogen-bond acceptors (Lipinski definition) is 4. The van der Waals surface area contributed by atoms with Gasteiger partial charge in [-0.1, -0.05) is 6.08 Å². The molecule has 0 spiro atoms. The van der Waals surface area contributed by atoms with E-state index in [4.69, 9.17) is 0 Å². The number of rotatable bonds is 2. The van der Waals surface area contributed by atoms with Crippen LogP contribution in [-0.2, 0) is 14.6 Å². The van der Waals surface area contributed by atoms with Crippen molar-refractivity contribution in [2.24, 2.45) is 5.92 Å². The molecule has 1 heterocycles. The molecule has 0 amide bonds. The van der Waals surface area contributed by atoms with E-state index in [-0.39, 0.29) is 12.2 Å². The quantitative estimate of drug-likeness (QED) is 0.522. The largest absolute Gasteiger partial charge is 0.550 e. The Morgan fingerprint density at radius 2 is 2.27 bits per heavy atom. The van der Waals surface area contributed by atoms with Crippen LogP contribution in [0.1, 0.15) is 6.42 Å². The highest BCUT2D eigenvalue weighted by molar-refractivity contribution is 7.94. The summed E-state index contributed by atoms with van der Waals surface area (Å²) < 4.78 is 21.4. The summed E-state index contributed by atoms with van der Waals surface area (Å²) in [4.78, 5) is 10.0. The number of allylic oxidation sites excluding steroid dienone is 1. The van der Waals surface area contributed by atoms with Crippen LogP contribution >= 0.6 is 0 Å². The van der Waals surface area contributed by atoms with E-state index >= 15 is 0 Å². The predicted molar refractivity (Wildman–Crippen MR) is 36.0 cm³/mol.